The molecule has 3 rings (SSSR count). The van der Waals surface area contributed by atoms with E-state index in [0.717, 1.165) is 17.4 Å². The van der Waals surface area contributed by atoms with Crippen molar-refractivity contribution >= 4 is 11.8 Å². The molecule has 0 atom stereocenters. The third-order valence-electron chi connectivity index (χ3n) is 3.44. The molecule has 0 unspecified atom stereocenters. The van der Waals surface area contributed by atoms with E-state index in [-0.39, 0.29) is 5.82 Å². The van der Waals surface area contributed by atoms with Crippen LogP contribution in [0.4, 0.5) is 4.39 Å². The van der Waals surface area contributed by atoms with Crippen LogP contribution in [-0.2, 0) is 19.2 Å². The summed E-state index contributed by atoms with van der Waals surface area (Å²) in [6, 6.07) is 17.0. The molecule has 0 aliphatic heterocycles. The minimum atomic E-state index is -0.179. The summed E-state index contributed by atoms with van der Waals surface area (Å²) < 4.78 is 15.6. The van der Waals surface area contributed by atoms with E-state index in [2.05, 4.69) is 22.3 Å². The molecule has 3 nitrogen and oxygen atoms in total. The van der Waals surface area contributed by atoms with Crippen LogP contribution in [-0.4, -0.2) is 14.8 Å². The molecular weight excluding hydrogens is 297 g/mol. The van der Waals surface area contributed by atoms with Gasteiger partial charge in [-0.1, -0.05) is 60.3 Å². The second-order valence-corrected chi connectivity index (χ2v) is 5.94. The Labute approximate surface area is 133 Å². The zero-order chi connectivity index (χ0) is 15.4. The summed E-state index contributed by atoms with van der Waals surface area (Å²) in [6.45, 7) is 0. The van der Waals surface area contributed by atoms with Crippen molar-refractivity contribution < 1.29 is 4.39 Å². The molecule has 2 aromatic carbocycles. The van der Waals surface area contributed by atoms with Gasteiger partial charge < -0.3 is 4.57 Å². The predicted octanol–water partition coefficient (Wildman–Crippen LogP) is 3.84. The third-order valence-corrected chi connectivity index (χ3v) is 4.51. The minimum Gasteiger partial charge on any atom is -0.309 e. The fourth-order valence-electron chi connectivity index (χ4n) is 2.16. The highest BCUT2D eigenvalue weighted by atomic mass is 32.2. The van der Waals surface area contributed by atoms with Crippen LogP contribution in [0, 0.1) is 5.82 Å². The fraction of sp³-hybridized carbons (Fsp3) is 0.176. The predicted molar refractivity (Wildman–Crippen MR) is 86.2 cm³/mol. The molecule has 0 spiro atoms. The van der Waals surface area contributed by atoms with E-state index in [1.165, 1.54) is 23.4 Å². The molecular formula is C17H16FN3S. The maximum Gasteiger partial charge on any atom is 0.191 e. The quantitative estimate of drug-likeness (QED) is 0.671. The highest BCUT2D eigenvalue weighted by Gasteiger charge is 2.11. The smallest absolute Gasteiger partial charge is 0.191 e. The Bertz CT molecular complexity index is 756. The van der Waals surface area contributed by atoms with Crippen molar-refractivity contribution in [2.24, 2.45) is 7.05 Å². The van der Waals surface area contributed by atoms with Gasteiger partial charge in [-0.25, -0.2) is 4.39 Å². The number of hydrogen-bond donors (Lipinski definition) is 0. The van der Waals surface area contributed by atoms with Gasteiger partial charge in [0.2, 0.25) is 0 Å². The van der Waals surface area contributed by atoms with Crippen LogP contribution in [0.5, 0.6) is 0 Å². The number of halogens is 1. The normalized spacial score (nSPS) is 10.8. The van der Waals surface area contributed by atoms with Crippen LogP contribution in [0.2, 0.25) is 0 Å². The highest BCUT2D eigenvalue weighted by molar-refractivity contribution is 7.98. The molecule has 0 aliphatic rings. The van der Waals surface area contributed by atoms with Crippen molar-refractivity contribution in [3.63, 3.8) is 0 Å². The van der Waals surface area contributed by atoms with Gasteiger partial charge in [-0.2, -0.15) is 0 Å². The van der Waals surface area contributed by atoms with Crippen LogP contribution >= 0.6 is 11.8 Å². The van der Waals surface area contributed by atoms with E-state index in [1.807, 2.05) is 35.9 Å². The molecule has 1 aromatic heterocycles. The monoisotopic (exact) mass is 313 g/mol. The van der Waals surface area contributed by atoms with Gasteiger partial charge in [-0.15, -0.1) is 10.2 Å². The Kier molecular flexibility index (Phi) is 4.53. The third kappa shape index (κ3) is 3.36. The Morgan fingerprint density at radius 1 is 1.00 bits per heavy atom. The zero-order valence-corrected chi connectivity index (χ0v) is 13.1. The molecule has 112 valence electrons. The summed E-state index contributed by atoms with van der Waals surface area (Å²) in [5.41, 5.74) is 1.88. The number of nitrogens with zero attached hydrogens (tertiary/aromatic N) is 3. The first-order chi connectivity index (χ1) is 10.7. The standard InChI is InChI=1S/C17H16FN3S/c1-21-16(11-13-7-3-2-4-8-13)19-20-17(21)22-12-14-9-5-6-10-15(14)18/h2-10H,11-12H2,1H3. The van der Waals surface area contributed by atoms with Crippen LogP contribution in [0.1, 0.15) is 17.0 Å². The van der Waals surface area contributed by atoms with Crippen molar-refractivity contribution in [3.8, 4) is 0 Å². The summed E-state index contributed by atoms with van der Waals surface area (Å²) in [5.74, 6) is 1.27. The maximum atomic E-state index is 13.6. The Hall–Kier alpha value is -2.14. The first kappa shape index (κ1) is 14.8. The molecule has 0 bridgehead atoms. The van der Waals surface area contributed by atoms with Crippen molar-refractivity contribution in [2.75, 3.05) is 0 Å². The lowest BCUT2D eigenvalue weighted by molar-refractivity contribution is 0.617. The molecule has 0 saturated carbocycles. The average Bonchev–Trinajstić information content (AvgIpc) is 2.88. The topological polar surface area (TPSA) is 30.7 Å². The Morgan fingerprint density at radius 3 is 2.50 bits per heavy atom. The fourth-order valence-corrected chi connectivity index (χ4v) is 3.08. The van der Waals surface area contributed by atoms with Gasteiger partial charge in [-0.05, 0) is 17.2 Å². The number of thioether (sulfide) groups is 1. The van der Waals surface area contributed by atoms with Gasteiger partial charge in [0.15, 0.2) is 5.16 Å². The van der Waals surface area contributed by atoms with Crippen molar-refractivity contribution in [1.82, 2.24) is 14.8 Å². The lowest BCUT2D eigenvalue weighted by Crippen LogP contribution is -2.00. The van der Waals surface area contributed by atoms with E-state index in [9.17, 15) is 4.39 Å². The molecule has 3 aromatic rings. The van der Waals surface area contributed by atoms with Crippen molar-refractivity contribution in [3.05, 3.63) is 77.4 Å². The van der Waals surface area contributed by atoms with Gasteiger partial charge in [0.05, 0.1) is 0 Å². The summed E-state index contributed by atoms with van der Waals surface area (Å²) in [5, 5.41) is 9.25. The Balaban J connectivity index is 1.70. The van der Waals surface area contributed by atoms with E-state index in [1.54, 1.807) is 12.1 Å². The van der Waals surface area contributed by atoms with E-state index >= 15 is 0 Å². The van der Waals surface area contributed by atoms with Gasteiger partial charge in [0.25, 0.3) is 0 Å². The van der Waals surface area contributed by atoms with E-state index in [0.29, 0.717) is 11.3 Å². The Morgan fingerprint density at radius 2 is 1.73 bits per heavy atom. The van der Waals surface area contributed by atoms with E-state index < -0.39 is 0 Å². The van der Waals surface area contributed by atoms with Crippen LogP contribution in [0.3, 0.4) is 0 Å². The van der Waals surface area contributed by atoms with Gasteiger partial charge in [0.1, 0.15) is 11.6 Å². The summed E-state index contributed by atoms with van der Waals surface area (Å²) in [7, 11) is 1.95. The molecule has 1 heterocycles. The van der Waals surface area contributed by atoms with Crippen molar-refractivity contribution in [2.45, 2.75) is 17.3 Å². The molecule has 0 saturated heterocycles. The largest absolute Gasteiger partial charge is 0.309 e. The van der Waals surface area contributed by atoms with Crippen LogP contribution in [0.25, 0.3) is 0 Å². The number of rotatable bonds is 5. The highest BCUT2D eigenvalue weighted by Crippen LogP contribution is 2.23. The van der Waals surface area contributed by atoms with Gasteiger partial charge >= 0.3 is 0 Å². The van der Waals surface area contributed by atoms with Crippen LogP contribution < -0.4 is 0 Å². The first-order valence-corrected chi connectivity index (χ1v) is 8.01. The summed E-state index contributed by atoms with van der Waals surface area (Å²) in [6.07, 6.45) is 0.741. The molecule has 0 aliphatic carbocycles. The number of hydrogen-bond acceptors (Lipinski definition) is 3. The van der Waals surface area contributed by atoms with Gasteiger partial charge in [-0.3, -0.25) is 0 Å². The number of benzene rings is 2. The SMILES string of the molecule is Cn1c(Cc2ccccc2)nnc1SCc1ccccc1F. The van der Waals surface area contributed by atoms with Gasteiger partial charge in [0, 0.05) is 19.2 Å². The zero-order valence-electron chi connectivity index (χ0n) is 12.2. The first-order valence-electron chi connectivity index (χ1n) is 7.02. The molecule has 0 N–H and O–H groups in total. The molecule has 22 heavy (non-hydrogen) atoms. The molecule has 0 amide bonds. The molecule has 5 heteroatoms. The van der Waals surface area contributed by atoms with Crippen LogP contribution in [0.15, 0.2) is 59.8 Å². The molecule has 0 radical (unpaired) electrons. The maximum absolute atomic E-state index is 13.6. The lowest BCUT2D eigenvalue weighted by atomic mass is 10.1. The van der Waals surface area contributed by atoms with E-state index in [4.69, 9.17) is 0 Å². The summed E-state index contributed by atoms with van der Waals surface area (Å²) in [4.78, 5) is 0. The lowest BCUT2D eigenvalue weighted by Gasteiger charge is -2.05. The number of aromatic nitrogens is 3. The minimum absolute atomic E-state index is 0.179. The average molecular weight is 313 g/mol. The molecule has 0 fully saturated rings. The summed E-state index contributed by atoms with van der Waals surface area (Å²) >= 11 is 1.50. The van der Waals surface area contributed by atoms with Crippen molar-refractivity contribution in [1.29, 1.82) is 0 Å². The second kappa shape index (κ2) is 6.75. The second-order valence-electron chi connectivity index (χ2n) is 5.00.